The number of nitrogens with one attached hydrogen (secondary N) is 1. The van der Waals surface area contributed by atoms with E-state index in [1.54, 1.807) is 0 Å². The van der Waals surface area contributed by atoms with Gasteiger partial charge in [-0.15, -0.1) is 12.4 Å². The van der Waals surface area contributed by atoms with Gasteiger partial charge in [-0.25, -0.2) is 0 Å². The third kappa shape index (κ3) is 3.39. The molecule has 0 bridgehead atoms. The van der Waals surface area contributed by atoms with Crippen LogP contribution in [0.15, 0.2) is 40.9 Å². The molecule has 20 heavy (non-hydrogen) atoms. The smallest absolute Gasteiger partial charge is 0.167 e. The Morgan fingerprint density at radius 1 is 1.35 bits per heavy atom. The van der Waals surface area contributed by atoms with Crippen LogP contribution in [-0.4, -0.2) is 36.2 Å². The summed E-state index contributed by atoms with van der Waals surface area (Å²) < 4.78 is 5.42. The predicted molar refractivity (Wildman–Crippen MR) is 81.9 cm³/mol. The first-order valence-electron chi connectivity index (χ1n) is 6.75. The van der Waals surface area contributed by atoms with E-state index >= 15 is 0 Å². The van der Waals surface area contributed by atoms with Crippen molar-refractivity contribution in [2.24, 2.45) is 0 Å². The third-order valence-corrected chi connectivity index (χ3v) is 3.69. The summed E-state index contributed by atoms with van der Waals surface area (Å²) in [4.78, 5) is 2.34. The number of hydrogen-bond donors (Lipinski definition) is 1. The third-order valence-electron chi connectivity index (χ3n) is 3.69. The number of nitrogens with zero attached hydrogens (tertiary/aromatic N) is 2. The van der Waals surface area contributed by atoms with Gasteiger partial charge in [0, 0.05) is 30.8 Å². The summed E-state index contributed by atoms with van der Waals surface area (Å²) in [6, 6.07) is 12.7. The van der Waals surface area contributed by atoms with Gasteiger partial charge in [-0.05, 0) is 20.0 Å². The minimum absolute atomic E-state index is 0. The molecule has 3 rings (SSSR count). The van der Waals surface area contributed by atoms with E-state index in [1.807, 2.05) is 36.4 Å². The van der Waals surface area contributed by atoms with Crippen LogP contribution in [0.4, 0.5) is 0 Å². The van der Waals surface area contributed by atoms with Gasteiger partial charge in [0.2, 0.25) is 0 Å². The zero-order chi connectivity index (χ0) is 13.1. The molecule has 108 valence electrons. The average molecular weight is 294 g/mol. The Bertz CT molecular complexity index is 523. The number of halogens is 1. The molecule has 5 heteroatoms. The van der Waals surface area contributed by atoms with Crippen LogP contribution in [0.2, 0.25) is 0 Å². The van der Waals surface area contributed by atoms with E-state index in [4.69, 9.17) is 4.52 Å². The van der Waals surface area contributed by atoms with Crippen molar-refractivity contribution < 1.29 is 4.52 Å². The minimum atomic E-state index is 0. The summed E-state index contributed by atoms with van der Waals surface area (Å²) in [6.07, 6.45) is 1.21. The fourth-order valence-corrected chi connectivity index (χ4v) is 2.53. The fraction of sp³-hybridized carbons (Fsp3) is 0.400. The summed E-state index contributed by atoms with van der Waals surface area (Å²) in [5.74, 6) is 0.841. The summed E-state index contributed by atoms with van der Waals surface area (Å²) in [5, 5.41) is 7.55. The lowest BCUT2D eigenvalue weighted by molar-refractivity contribution is 0.241. The normalized spacial score (nSPS) is 18.2. The molecule has 1 aromatic heterocycles. The average Bonchev–Trinajstić information content (AvgIpc) is 3.11. The second kappa shape index (κ2) is 6.88. The van der Waals surface area contributed by atoms with Crippen LogP contribution >= 0.6 is 12.4 Å². The van der Waals surface area contributed by atoms with Crippen molar-refractivity contribution in [2.45, 2.75) is 19.0 Å². The zero-order valence-corrected chi connectivity index (χ0v) is 12.4. The van der Waals surface area contributed by atoms with Crippen LogP contribution in [0, 0.1) is 0 Å². The number of likely N-dealkylation sites (N-methyl/N-ethyl adjacent to an activating group) is 1. The molecule has 2 heterocycles. The van der Waals surface area contributed by atoms with Crippen LogP contribution in [0.1, 0.15) is 12.1 Å². The van der Waals surface area contributed by atoms with E-state index in [-0.39, 0.29) is 12.4 Å². The summed E-state index contributed by atoms with van der Waals surface area (Å²) >= 11 is 0. The van der Waals surface area contributed by atoms with Gasteiger partial charge in [0.05, 0.1) is 5.69 Å². The Kier molecular flexibility index (Phi) is 5.17. The van der Waals surface area contributed by atoms with Crippen LogP contribution in [-0.2, 0) is 6.54 Å². The molecule has 1 N–H and O–H groups in total. The molecule has 1 aromatic carbocycles. The van der Waals surface area contributed by atoms with Crippen molar-refractivity contribution in [2.75, 3.05) is 20.1 Å². The van der Waals surface area contributed by atoms with Crippen molar-refractivity contribution >= 4 is 12.4 Å². The number of hydrogen-bond acceptors (Lipinski definition) is 4. The maximum atomic E-state index is 5.42. The maximum Gasteiger partial charge on any atom is 0.167 e. The van der Waals surface area contributed by atoms with E-state index in [9.17, 15) is 0 Å². The molecule has 0 aliphatic carbocycles. The van der Waals surface area contributed by atoms with Gasteiger partial charge in [-0.1, -0.05) is 35.5 Å². The van der Waals surface area contributed by atoms with Gasteiger partial charge >= 0.3 is 0 Å². The number of benzene rings is 1. The molecule has 1 unspecified atom stereocenters. The summed E-state index contributed by atoms with van der Waals surface area (Å²) in [7, 11) is 2.15. The maximum absolute atomic E-state index is 5.42. The van der Waals surface area contributed by atoms with Crippen molar-refractivity contribution in [3.8, 4) is 11.3 Å². The molecule has 4 nitrogen and oxygen atoms in total. The predicted octanol–water partition coefficient (Wildman–Crippen LogP) is 2.56. The molecule has 1 aliphatic heterocycles. The van der Waals surface area contributed by atoms with E-state index in [2.05, 4.69) is 22.4 Å². The van der Waals surface area contributed by atoms with E-state index in [0.717, 1.165) is 36.7 Å². The Labute approximate surface area is 125 Å². The van der Waals surface area contributed by atoms with Gasteiger partial charge in [0.25, 0.3) is 0 Å². The zero-order valence-electron chi connectivity index (χ0n) is 11.6. The summed E-state index contributed by atoms with van der Waals surface area (Å²) in [5.41, 5.74) is 2.07. The van der Waals surface area contributed by atoms with Crippen molar-refractivity contribution in [1.82, 2.24) is 15.4 Å². The molecule has 0 spiro atoms. The van der Waals surface area contributed by atoms with Crippen molar-refractivity contribution in [1.29, 1.82) is 0 Å². The lowest BCUT2D eigenvalue weighted by Crippen LogP contribution is -2.32. The molecule has 1 saturated heterocycles. The van der Waals surface area contributed by atoms with Gasteiger partial charge in [-0.2, -0.15) is 0 Å². The first-order chi connectivity index (χ1) is 9.33. The van der Waals surface area contributed by atoms with Gasteiger partial charge in [0.15, 0.2) is 5.76 Å². The van der Waals surface area contributed by atoms with E-state index < -0.39 is 0 Å². The molecule has 0 amide bonds. The number of aromatic nitrogens is 1. The Hall–Kier alpha value is -1.36. The highest BCUT2D eigenvalue weighted by Crippen LogP contribution is 2.20. The Balaban J connectivity index is 0.00000147. The molecule has 1 atom stereocenters. The molecular formula is C15H20ClN3O. The monoisotopic (exact) mass is 293 g/mol. The van der Waals surface area contributed by atoms with Crippen LogP contribution in [0.3, 0.4) is 0 Å². The highest BCUT2D eigenvalue weighted by Gasteiger charge is 2.20. The van der Waals surface area contributed by atoms with Gasteiger partial charge in [-0.3, -0.25) is 4.90 Å². The van der Waals surface area contributed by atoms with E-state index in [0.29, 0.717) is 6.04 Å². The van der Waals surface area contributed by atoms with Crippen LogP contribution < -0.4 is 5.32 Å². The Morgan fingerprint density at radius 2 is 2.15 bits per heavy atom. The molecular weight excluding hydrogens is 274 g/mol. The number of rotatable bonds is 4. The SMILES string of the molecule is CN(Cc1cc(-c2ccccc2)on1)C1CCNC1.Cl. The van der Waals surface area contributed by atoms with Crippen molar-refractivity contribution in [3.05, 3.63) is 42.1 Å². The standard InChI is InChI=1S/C15H19N3O.ClH/c1-18(14-7-8-16-10-14)11-13-9-15(19-17-13)12-5-3-2-4-6-12;/h2-6,9,14,16H,7-8,10-11H2,1H3;1H. The molecule has 1 fully saturated rings. The highest BCUT2D eigenvalue weighted by molar-refractivity contribution is 5.85. The second-order valence-corrected chi connectivity index (χ2v) is 5.11. The van der Waals surface area contributed by atoms with Gasteiger partial charge < -0.3 is 9.84 Å². The largest absolute Gasteiger partial charge is 0.356 e. The first kappa shape index (κ1) is 15.0. The second-order valence-electron chi connectivity index (χ2n) is 5.11. The van der Waals surface area contributed by atoms with E-state index in [1.165, 1.54) is 6.42 Å². The highest BCUT2D eigenvalue weighted by atomic mass is 35.5. The topological polar surface area (TPSA) is 41.3 Å². The van der Waals surface area contributed by atoms with Gasteiger partial charge in [0.1, 0.15) is 0 Å². The molecule has 2 aromatic rings. The van der Waals surface area contributed by atoms with Crippen LogP contribution in [0.25, 0.3) is 11.3 Å². The molecule has 1 aliphatic rings. The van der Waals surface area contributed by atoms with Crippen LogP contribution in [0.5, 0.6) is 0 Å². The van der Waals surface area contributed by atoms with Crippen molar-refractivity contribution in [3.63, 3.8) is 0 Å². The molecule has 0 radical (unpaired) electrons. The lowest BCUT2D eigenvalue weighted by atomic mass is 10.1. The summed E-state index contributed by atoms with van der Waals surface area (Å²) in [6.45, 7) is 3.02. The quantitative estimate of drug-likeness (QED) is 0.941. The first-order valence-corrected chi connectivity index (χ1v) is 6.75. The minimum Gasteiger partial charge on any atom is -0.356 e. The fourth-order valence-electron chi connectivity index (χ4n) is 2.53. The Morgan fingerprint density at radius 3 is 2.85 bits per heavy atom. The lowest BCUT2D eigenvalue weighted by Gasteiger charge is -2.21. The molecule has 0 saturated carbocycles.